The molecule has 2 saturated heterocycles. The molecule has 3 fully saturated rings. The molecule has 0 bridgehead atoms. The first-order valence-electron chi connectivity index (χ1n) is 10.7. The second-order valence-electron chi connectivity index (χ2n) is 8.46. The van der Waals surface area contributed by atoms with E-state index in [2.05, 4.69) is 32.3 Å². The summed E-state index contributed by atoms with van der Waals surface area (Å²) in [5.41, 5.74) is 0. The molecule has 0 amide bonds. The number of nitrogens with one attached hydrogen (secondary N) is 2. The lowest BCUT2D eigenvalue weighted by Crippen LogP contribution is -2.46. The summed E-state index contributed by atoms with van der Waals surface area (Å²) in [7, 11) is 1.89. The minimum absolute atomic E-state index is 0.565. The van der Waals surface area contributed by atoms with Gasteiger partial charge >= 0.3 is 0 Å². The Morgan fingerprint density at radius 1 is 1.04 bits per heavy atom. The van der Waals surface area contributed by atoms with Crippen LogP contribution in [0.1, 0.15) is 58.3 Å². The lowest BCUT2D eigenvalue weighted by Gasteiger charge is -2.30. The van der Waals surface area contributed by atoms with Crippen molar-refractivity contribution in [2.45, 2.75) is 70.4 Å². The number of rotatable bonds is 6. The van der Waals surface area contributed by atoms with Crippen LogP contribution in [-0.2, 0) is 0 Å². The largest absolute Gasteiger partial charge is 0.356 e. The zero-order valence-electron chi connectivity index (χ0n) is 16.5. The average Bonchev–Trinajstić information content (AvgIpc) is 3.29. The standard InChI is InChI=1S/C20H39N5/c1-17-7-5-12-24(15-17)13-6-11-22-20(21-2)23-18-10-14-25(16-18)19-8-3-4-9-19/h17-19H,3-16H2,1-2H3,(H2,21,22,23). The molecule has 0 radical (unpaired) electrons. The lowest BCUT2D eigenvalue weighted by atomic mass is 10.0. The fourth-order valence-electron chi connectivity index (χ4n) is 4.89. The fourth-order valence-corrected chi connectivity index (χ4v) is 4.89. The quantitative estimate of drug-likeness (QED) is 0.439. The number of hydrogen-bond acceptors (Lipinski definition) is 3. The molecule has 0 spiro atoms. The molecule has 0 aromatic heterocycles. The maximum Gasteiger partial charge on any atom is 0.191 e. The fraction of sp³-hybridized carbons (Fsp3) is 0.950. The van der Waals surface area contributed by atoms with Crippen molar-refractivity contribution in [3.63, 3.8) is 0 Å². The van der Waals surface area contributed by atoms with E-state index in [9.17, 15) is 0 Å². The zero-order chi connectivity index (χ0) is 17.5. The van der Waals surface area contributed by atoms with Crippen LogP contribution in [0.4, 0.5) is 0 Å². The molecule has 2 unspecified atom stereocenters. The van der Waals surface area contributed by atoms with Gasteiger partial charge in [0.25, 0.3) is 0 Å². The van der Waals surface area contributed by atoms with Gasteiger partial charge in [0, 0.05) is 45.3 Å². The molecule has 0 aromatic carbocycles. The Morgan fingerprint density at radius 2 is 1.88 bits per heavy atom. The average molecular weight is 350 g/mol. The van der Waals surface area contributed by atoms with E-state index in [1.54, 1.807) is 0 Å². The van der Waals surface area contributed by atoms with Gasteiger partial charge in [-0.05, 0) is 57.5 Å². The van der Waals surface area contributed by atoms with Gasteiger partial charge in [0.05, 0.1) is 0 Å². The van der Waals surface area contributed by atoms with Gasteiger partial charge in [0.15, 0.2) is 5.96 Å². The summed E-state index contributed by atoms with van der Waals surface area (Å²) in [5.74, 6) is 1.87. The van der Waals surface area contributed by atoms with Gasteiger partial charge in [-0.25, -0.2) is 0 Å². The van der Waals surface area contributed by atoms with Crippen LogP contribution in [-0.4, -0.2) is 74.2 Å². The summed E-state index contributed by atoms with van der Waals surface area (Å²) in [4.78, 5) is 9.76. The van der Waals surface area contributed by atoms with Gasteiger partial charge in [-0.3, -0.25) is 9.89 Å². The van der Waals surface area contributed by atoms with Crippen molar-refractivity contribution in [2.75, 3.05) is 46.3 Å². The molecule has 25 heavy (non-hydrogen) atoms. The van der Waals surface area contributed by atoms with Crippen LogP contribution in [0.25, 0.3) is 0 Å². The Balaban J connectivity index is 1.30. The second kappa shape index (κ2) is 9.77. The van der Waals surface area contributed by atoms with Crippen LogP contribution in [0.5, 0.6) is 0 Å². The van der Waals surface area contributed by atoms with Gasteiger partial charge in [-0.1, -0.05) is 19.8 Å². The van der Waals surface area contributed by atoms with E-state index in [1.165, 1.54) is 84.1 Å². The van der Waals surface area contributed by atoms with Gasteiger partial charge in [-0.15, -0.1) is 0 Å². The normalized spacial score (nSPS) is 30.1. The number of nitrogens with zero attached hydrogens (tertiary/aromatic N) is 3. The highest BCUT2D eigenvalue weighted by molar-refractivity contribution is 5.79. The molecule has 2 N–H and O–H groups in total. The van der Waals surface area contributed by atoms with Crippen molar-refractivity contribution in [3.8, 4) is 0 Å². The van der Waals surface area contributed by atoms with Crippen LogP contribution >= 0.6 is 0 Å². The van der Waals surface area contributed by atoms with E-state index < -0.39 is 0 Å². The van der Waals surface area contributed by atoms with E-state index in [-0.39, 0.29) is 0 Å². The van der Waals surface area contributed by atoms with Crippen molar-refractivity contribution in [1.82, 2.24) is 20.4 Å². The molecule has 3 rings (SSSR count). The molecule has 3 aliphatic rings. The Kier molecular flexibility index (Phi) is 7.41. The minimum atomic E-state index is 0.565. The number of hydrogen-bond donors (Lipinski definition) is 2. The summed E-state index contributed by atoms with van der Waals surface area (Å²) in [5, 5.41) is 7.17. The maximum atomic E-state index is 4.43. The SMILES string of the molecule is CN=C(NCCCN1CCCC(C)C1)NC1CCN(C2CCCC2)C1. The van der Waals surface area contributed by atoms with E-state index in [1.807, 2.05) is 7.05 Å². The van der Waals surface area contributed by atoms with Crippen molar-refractivity contribution in [1.29, 1.82) is 0 Å². The summed E-state index contributed by atoms with van der Waals surface area (Å²) >= 11 is 0. The highest BCUT2D eigenvalue weighted by Crippen LogP contribution is 2.26. The first-order chi connectivity index (χ1) is 12.2. The molecule has 5 heteroatoms. The molecule has 1 saturated carbocycles. The number of guanidine groups is 1. The summed E-state index contributed by atoms with van der Waals surface area (Å²) < 4.78 is 0. The minimum Gasteiger partial charge on any atom is -0.356 e. The van der Waals surface area contributed by atoms with E-state index in [0.29, 0.717) is 6.04 Å². The molecular formula is C20H39N5. The van der Waals surface area contributed by atoms with Gasteiger partial charge in [-0.2, -0.15) is 0 Å². The van der Waals surface area contributed by atoms with Crippen molar-refractivity contribution >= 4 is 5.96 Å². The van der Waals surface area contributed by atoms with Gasteiger partial charge in [0.1, 0.15) is 0 Å². The number of aliphatic imine (C=N–C) groups is 1. The first-order valence-corrected chi connectivity index (χ1v) is 10.7. The molecule has 1 aliphatic carbocycles. The summed E-state index contributed by atoms with van der Waals surface area (Å²) in [6, 6.07) is 1.42. The highest BCUT2D eigenvalue weighted by Gasteiger charge is 2.30. The maximum absolute atomic E-state index is 4.43. The molecular weight excluding hydrogens is 310 g/mol. The lowest BCUT2D eigenvalue weighted by molar-refractivity contribution is 0.182. The Hall–Kier alpha value is -0.810. The monoisotopic (exact) mass is 349 g/mol. The Labute approximate surface area is 154 Å². The first kappa shape index (κ1) is 19.0. The van der Waals surface area contributed by atoms with E-state index in [0.717, 1.165) is 24.5 Å². The summed E-state index contributed by atoms with van der Waals surface area (Å²) in [6.07, 6.45) is 10.9. The third-order valence-electron chi connectivity index (χ3n) is 6.31. The van der Waals surface area contributed by atoms with Crippen molar-refractivity contribution < 1.29 is 0 Å². The van der Waals surface area contributed by atoms with Crippen LogP contribution in [0, 0.1) is 5.92 Å². The van der Waals surface area contributed by atoms with E-state index in [4.69, 9.17) is 0 Å². The van der Waals surface area contributed by atoms with Crippen molar-refractivity contribution in [3.05, 3.63) is 0 Å². The molecule has 2 heterocycles. The van der Waals surface area contributed by atoms with Crippen LogP contribution in [0.2, 0.25) is 0 Å². The Bertz CT molecular complexity index is 418. The predicted octanol–water partition coefficient (Wildman–Crippen LogP) is 2.29. The van der Waals surface area contributed by atoms with Gasteiger partial charge < -0.3 is 15.5 Å². The molecule has 144 valence electrons. The zero-order valence-corrected chi connectivity index (χ0v) is 16.5. The predicted molar refractivity (Wildman–Crippen MR) is 106 cm³/mol. The van der Waals surface area contributed by atoms with Crippen LogP contribution < -0.4 is 10.6 Å². The van der Waals surface area contributed by atoms with Crippen LogP contribution in [0.15, 0.2) is 4.99 Å². The Morgan fingerprint density at radius 3 is 2.64 bits per heavy atom. The van der Waals surface area contributed by atoms with Gasteiger partial charge in [0.2, 0.25) is 0 Å². The third kappa shape index (κ3) is 5.85. The topological polar surface area (TPSA) is 42.9 Å². The number of piperidine rings is 1. The number of likely N-dealkylation sites (tertiary alicyclic amines) is 2. The second-order valence-corrected chi connectivity index (χ2v) is 8.46. The van der Waals surface area contributed by atoms with Crippen LogP contribution in [0.3, 0.4) is 0 Å². The molecule has 5 nitrogen and oxygen atoms in total. The van der Waals surface area contributed by atoms with Crippen molar-refractivity contribution in [2.24, 2.45) is 10.9 Å². The molecule has 0 aromatic rings. The van der Waals surface area contributed by atoms with E-state index >= 15 is 0 Å². The smallest absolute Gasteiger partial charge is 0.191 e. The highest BCUT2D eigenvalue weighted by atomic mass is 15.3. The molecule has 2 aliphatic heterocycles. The molecule has 2 atom stereocenters. The summed E-state index contributed by atoms with van der Waals surface area (Å²) in [6.45, 7) is 9.63. The third-order valence-corrected chi connectivity index (χ3v) is 6.31.